The minimum atomic E-state index is -4.23. The van der Waals surface area contributed by atoms with E-state index in [4.69, 9.17) is 9.79 Å². The van der Waals surface area contributed by atoms with Crippen LogP contribution in [0.15, 0.2) is 0 Å². The van der Waals surface area contributed by atoms with Gasteiger partial charge in [0.1, 0.15) is 0 Å². The molecule has 0 bridgehead atoms. The Balaban J connectivity index is 3.14. The molecule has 0 saturated heterocycles. The second-order valence-electron chi connectivity index (χ2n) is 3.57. The highest BCUT2D eigenvalue weighted by atomic mass is 31.2. The lowest BCUT2D eigenvalue weighted by Gasteiger charge is -2.05. The van der Waals surface area contributed by atoms with Crippen molar-refractivity contribution in [2.24, 2.45) is 5.92 Å². The molecule has 0 saturated carbocycles. The van der Waals surface area contributed by atoms with E-state index in [1.54, 1.807) is 0 Å². The van der Waals surface area contributed by atoms with E-state index in [0.717, 1.165) is 25.7 Å². The predicted molar refractivity (Wildman–Crippen MR) is 51.3 cm³/mol. The van der Waals surface area contributed by atoms with Crippen LogP contribution in [0.2, 0.25) is 0 Å². The predicted octanol–water partition coefficient (Wildman–Crippen LogP) is 2.31. The number of rotatable bonds is 7. The Morgan fingerprint density at radius 2 is 1.85 bits per heavy atom. The molecule has 0 radical (unpaired) electrons. The lowest BCUT2D eigenvalue weighted by atomic mass is 10.1. The van der Waals surface area contributed by atoms with Gasteiger partial charge in [0.2, 0.25) is 0 Å². The first-order chi connectivity index (χ1) is 5.92. The van der Waals surface area contributed by atoms with Crippen molar-refractivity contribution in [1.82, 2.24) is 0 Å². The minimum absolute atomic E-state index is 0.155. The fourth-order valence-electron chi connectivity index (χ4n) is 1.01. The molecular weight excluding hydrogens is 191 g/mol. The van der Waals surface area contributed by atoms with Crippen LogP contribution >= 0.6 is 7.82 Å². The van der Waals surface area contributed by atoms with Gasteiger partial charge in [-0.3, -0.25) is 4.52 Å². The second kappa shape index (κ2) is 6.55. The van der Waals surface area contributed by atoms with Gasteiger partial charge in [-0.05, 0) is 12.3 Å². The summed E-state index contributed by atoms with van der Waals surface area (Å²) in [6.07, 6.45) is 3.95. The SMILES string of the molecule is CC(C)CCCCCOP(=O)(O)O. The van der Waals surface area contributed by atoms with Crippen LogP contribution < -0.4 is 0 Å². The quantitative estimate of drug-likeness (QED) is 0.500. The maximum atomic E-state index is 10.2. The van der Waals surface area contributed by atoms with Crippen molar-refractivity contribution >= 4 is 7.82 Å². The third kappa shape index (κ3) is 12.1. The van der Waals surface area contributed by atoms with Crippen molar-refractivity contribution < 1.29 is 18.9 Å². The minimum Gasteiger partial charge on any atom is -0.303 e. The number of unbranched alkanes of at least 4 members (excludes halogenated alkanes) is 2. The highest BCUT2D eigenvalue weighted by Crippen LogP contribution is 2.35. The molecule has 0 heterocycles. The topological polar surface area (TPSA) is 66.8 Å². The monoisotopic (exact) mass is 210 g/mol. The summed E-state index contributed by atoms with van der Waals surface area (Å²) in [6.45, 7) is 4.47. The van der Waals surface area contributed by atoms with E-state index < -0.39 is 7.82 Å². The smallest absolute Gasteiger partial charge is 0.303 e. The Bertz CT molecular complexity index is 164. The molecular formula is C8H19O4P. The van der Waals surface area contributed by atoms with Crippen molar-refractivity contribution in [3.05, 3.63) is 0 Å². The normalized spacial score (nSPS) is 12.4. The molecule has 0 aromatic heterocycles. The van der Waals surface area contributed by atoms with E-state index >= 15 is 0 Å². The van der Waals surface area contributed by atoms with Gasteiger partial charge in [0.05, 0.1) is 6.61 Å². The van der Waals surface area contributed by atoms with Gasteiger partial charge in [-0.1, -0.05) is 33.1 Å². The van der Waals surface area contributed by atoms with Gasteiger partial charge < -0.3 is 9.79 Å². The summed E-state index contributed by atoms with van der Waals surface area (Å²) in [4.78, 5) is 16.7. The number of phosphoric acid groups is 1. The Kier molecular flexibility index (Phi) is 6.60. The van der Waals surface area contributed by atoms with E-state index in [0.29, 0.717) is 5.92 Å². The fourth-order valence-corrected chi connectivity index (χ4v) is 1.38. The van der Waals surface area contributed by atoms with Crippen molar-refractivity contribution in [2.75, 3.05) is 6.61 Å². The first-order valence-electron chi connectivity index (χ1n) is 4.62. The van der Waals surface area contributed by atoms with Crippen molar-refractivity contribution in [2.45, 2.75) is 39.5 Å². The first-order valence-corrected chi connectivity index (χ1v) is 6.15. The Morgan fingerprint density at radius 1 is 1.23 bits per heavy atom. The summed E-state index contributed by atoms with van der Waals surface area (Å²) < 4.78 is 14.5. The van der Waals surface area contributed by atoms with E-state index in [2.05, 4.69) is 18.4 Å². The first kappa shape index (κ1) is 13.1. The average Bonchev–Trinajstić information content (AvgIpc) is 1.93. The van der Waals surface area contributed by atoms with E-state index in [1.165, 1.54) is 0 Å². The molecule has 5 heteroatoms. The molecule has 0 spiro atoms. The maximum absolute atomic E-state index is 10.2. The van der Waals surface area contributed by atoms with E-state index in [9.17, 15) is 4.57 Å². The van der Waals surface area contributed by atoms with Crippen molar-refractivity contribution in [1.29, 1.82) is 0 Å². The summed E-state index contributed by atoms with van der Waals surface area (Å²) in [5, 5.41) is 0. The molecule has 0 rings (SSSR count). The van der Waals surface area contributed by atoms with E-state index in [1.807, 2.05) is 0 Å². The zero-order chi connectivity index (χ0) is 10.3. The summed E-state index contributed by atoms with van der Waals surface area (Å²) in [7, 11) is -4.23. The van der Waals surface area contributed by atoms with Gasteiger partial charge in [0, 0.05) is 0 Å². The highest BCUT2D eigenvalue weighted by Gasteiger charge is 2.12. The molecule has 0 aliphatic heterocycles. The van der Waals surface area contributed by atoms with Crippen molar-refractivity contribution in [3.63, 3.8) is 0 Å². The molecule has 80 valence electrons. The average molecular weight is 210 g/mol. The summed E-state index contributed by atoms with van der Waals surface area (Å²) in [6, 6.07) is 0. The molecule has 4 nitrogen and oxygen atoms in total. The second-order valence-corrected chi connectivity index (χ2v) is 4.81. The van der Waals surface area contributed by atoms with Gasteiger partial charge in [-0.15, -0.1) is 0 Å². The molecule has 0 aromatic carbocycles. The van der Waals surface area contributed by atoms with Crippen LogP contribution in [0.4, 0.5) is 0 Å². The molecule has 13 heavy (non-hydrogen) atoms. The van der Waals surface area contributed by atoms with Gasteiger partial charge in [0.25, 0.3) is 0 Å². The molecule has 0 aliphatic rings. The summed E-state index contributed by atoms with van der Waals surface area (Å²) >= 11 is 0. The third-order valence-electron chi connectivity index (χ3n) is 1.69. The molecule has 0 atom stereocenters. The maximum Gasteiger partial charge on any atom is 0.469 e. The lowest BCUT2D eigenvalue weighted by molar-refractivity contribution is 0.193. The number of phosphoric ester groups is 1. The van der Waals surface area contributed by atoms with E-state index in [-0.39, 0.29) is 6.61 Å². The molecule has 0 amide bonds. The molecule has 2 N–H and O–H groups in total. The lowest BCUT2D eigenvalue weighted by Crippen LogP contribution is -1.93. The van der Waals surface area contributed by atoms with Crippen molar-refractivity contribution in [3.8, 4) is 0 Å². The fraction of sp³-hybridized carbons (Fsp3) is 1.00. The van der Waals surface area contributed by atoms with Crippen LogP contribution in [0.5, 0.6) is 0 Å². The Morgan fingerprint density at radius 3 is 2.31 bits per heavy atom. The number of hydrogen-bond donors (Lipinski definition) is 2. The van der Waals surface area contributed by atoms with Crippen LogP contribution in [0.1, 0.15) is 39.5 Å². The summed E-state index contributed by atoms with van der Waals surface area (Å²) in [5.74, 6) is 0.697. The third-order valence-corrected chi connectivity index (χ3v) is 2.20. The molecule has 0 aromatic rings. The molecule has 0 aliphatic carbocycles. The largest absolute Gasteiger partial charge is 0.469 e. The van der Waals surface area contributed by atoms with Gasteiger partial charge in [0.15, 0.2) is 0 Å². The summed E-state index contributed by atoms with van der Waals surface area (Å²) in [5.41, 5.74) is 0. The zero-order valence-electron chi connectivity index (χ0n) is 8.27. The number of hydrogen-bond acceptors (Lipinski definition) is 2. The van der Waals surface area contributed by atoms with Gasteiger partial charge >= 0.3 is 7.82 Å². The molecule has 0 unspecified atom stereocenters. The standard InChI is InChI=1S/C8H19O4P/c1-8(2)6-4-3-5-7-12-13(9,10)11/h8H,3-7H2,1-2H3,(H2,9,10,11). The van der Waals surface area contributed by atoms with Crippen LogP contribution in [-0.4, -0.2) is 16.4 Å². The van der Waals surface area contributed by atoms with Crippen LogP contribution in [0.25, 0.3) is 0 Å². The Hall–Kier alpha value is 0.110. The van der Waals surface area contributed by atoms with Gasteiger partial charge in [-0.25, -0.2) is 4.57 Å². The molecule has 0 fully saturated rings. The Labute approximate surface area is 79.5 Å². The van der Waals surface area contributed by atoms with Crippen LogP contribution in [0, 0.1) is 5.92 Å². The van der Waals surface area contributed by atoms with Crippen LogP contribution in [-0.2, 0) is 9.09 Å². The highest BCUT2D eigenvalue weighted by molar-refractivity contribution is 7.46. The van der Waals surface area contributed by atoms with Crippen LogP contribution in [0.3, 0.4) is 0 Å². The van der Waals surface area contributed by atoms with Gasteiger partial charge in [-0.2, -0.15) is 0 Å². The zero-order valence-corrected chi connectivity index (χ0v) is 9.17.